The van der Waals surface area contributed by atoms with Gasteiger partial charge in [-0.05, 0) is 17.9 Å². The van der Waals surface area contributed by atoms with Gasteiger partial charge in [-0.15, -0.1) is 0 Å². The SMILES string of the molecule is CC[C@H](C)[C@H](NC(C)=O)C1=N[C@H](Cc2ccccc2)CO1. The molecular formula is C17H24N2O2. The molecule has 1 aromatic rings. The van der Waals surface area contributed by atoms with E-state index in [4.69, 9.17) is 4.74 Å². The average Bonchev–Trinajstić information content (AvgIpc) is 2.93. The van der Waals surface area contributed by atoms with Crippen molar-refractivity contribution in [3.8, 4) is 0 Å². The van der Waals surface area contributed by atoms with Gasteiger partial charge in [0.05, 0.1) is 6.04 Å². The number of amides is 1. The van der Waals surface area contributed by atoms with Crippen molar-refractivity contribution in [2.45, 2.75) is 45.7 Å². The Morgan fingerprint density at radius 1 is 1.43 bits per heavy atom. The van der Waals surface area contributed by atoms with Crippen LogP contribution in [0.15, 0.2) is 35.3 Å². The Morgan fingerprint density at radius 2 is 2.14 bits per heavy atom. The average molecular weight is 288 g/mol. The van der Waals surface area contributed by atoms with E-state index in [0.29, 0.717) is 18.4 Å². The molecule has 2 rings (SSSR count). The number of ether oxygens (including phenoxy) is 1. The Morgan fingerprint density at radius 3 is 2.76 bits per heavy atom. The summed E-state index contributed by atoms with van der Waals surface area (Å²) < 4.78 is 5.76. The maximum atomic E-state index is 11.4. The van der Waals surface area contributed by atoms with Gasteiger partial charge in [-0.2, -0.15) is 0 Å². The third kappa shape index (κ3) is 4.31. The Balaban J connectivity index is 2.05. The van der Waals surface area contributed by atoms with Crippen molar-refractivity contribution in [1.29, 1.82) is 0 Å². The van der Waals surface area contributed by atoms with E-state index in [1.165, 1.54) is 12.5 Å². The van der Waals surface area contributed by atoms with Crippen molar-refractivity contribution in [2.75, 3.05) is 6.61 Å². The maximum absolute atomic E-state index is 11.4. The minimum Gasteiger partial charge on any atom is -0.477 e. The predicted molar refractivity (Wildman–Crippen MR) is 84.4 cm³/mol. The van der Waals surface area contributed by atoms with E-state index >= 15 is 0 Å². The van der Waals surface area contributed by atoms with E-state index in [1.807, 2.05) is 18.2 Å². The van der Waals surface area contributed by atoms with Crippen molar-refractivity contribution >= 4 is 11.8 Å². The van der Waals surface area contributed by atoms with Gasteiger partial charge < -0.3 is 10.1 Å². The summed E-state index contributed by atoms with van der Waals surface area (Å²) in [7, 11) is 0. The van der Waals surface area contributed by atoms with E-state index in [-0.39, 0.29) is 18.0 Å². The normalized spacial score (nSPS) is 20.3. The standard InChI is InChI=1S/C17H24N2O2/c1-4-12(2)16(18-13(3)20)17-19-15(11-21-17)10-14-8-6-5-7-9-14/h5-9,12,15-16H,4,10-11H2,1-3H3,(H,18,20)/t12-,15+,16-/m0/s1. The van der Waals surface area contributed by atoms with Crippen molar-refractivity contribution in [3.63, 3.8) is 0 Å². The Hall–Kier alpha value is -1.84. The number of aliphatic imine (C=N–C) groups is 1. The van der Waals surface area contributed by atoms with Crippen LogP contribution in [0.3, 0.4) is 0 Å². The highest BCUT2D eigenvalue weighted by Crippen LogP contribution is 2.18. The van der Waals surface area contributed by atoms with Gasteiger partial charge in [0.2, 0.25) is 11.8 Å². The fraction of sp³-hybridized carbons (Fsp3) is 0.529. The molecule has 0 bridgehead atoms. The molecule has 0 radical (unpaired) electrons. The van der Waals surface area contributed by atoms with Gasteiger partial charge in [0.15, 0.2) is 0 Å². The van der Waals surface area contributed by atoms with Crippen LogP contribution in [0.4, 0.5) is 0 Å². The van der Waals surface area contributed by atoms with E-state index in [9.17, 15) is 4.79 Å². The highest BCUT2D eigenvalue weighted by Gasteiger charge is 2.29. The van der Waals surface area contributed by atoms with Crippen LogP contribution < -0.4 is 5.32 Å². The van der Waals surface area contributed by atoms with Gasteiger partial charge in [0, 0.05) is 6.92 Å². The molecule has 1 amide bonds. The molecule has 0 saturated carbocycles. The number of hydrogen-bond acceptors (Lipinski definition) is 3. The molecule has 0 unspecified atom stereocenters. The van der Waals surface area contributed by atoms with Gasteiger partial charge in [0.1, 0.15) is 12.6 Å². The molecule has 1 aromatic carbocycles. The minimum atomic E-state index is -0.117. The van der Waals surface area contributed by atoms with Crippen molar-refractivity contribution in [3.05, 3.63) is 35.9 Å². The summed E-state index contributed by atoms with van der Waals surface area (Å²) in [6.45, 7) is 6.34. The number of benzene rings is 1. The number of nitrogens with zero attached hydrogens (tertiary/aromatic N) is 1. The quantitative estimate of drug-likeness (QED) is 0.874. The zero-order valence-electron chi connectivity index (χ0n) is 13.0. The molecular weight excluding hydrogens is 264 g/mol. The molecule has 114 valence electrons. The Kier molecular flexibility index (Phi) is 5.37. The molecule has 0 aliphatic carbocycles. The van der Waals surface area contributed by atoms with Crippen LogP contribution in [0.2, 0.25) is 0 Å². The van der Waals surface area contributed by atoms with Gasteiger partial charge in [-0.3, -0.25) is 4.79 Å². The molecule has 0 saturated heterocycles. The minimum absolute atomic E-state index is 0.0434. The van der Waals surface area contributed by atoms with Crippen LogP contribution >= 0.6 is 0 Å². The summed E-state index contributed by atoms with van der Waals surface area (Å²) in [6.07, 6.45) is 1.84. The third-order valence-electron chi connectivity index (χ3n) is 3.89. The van der Waals surface area contributed by atoms with E-state index in [1.54, 1.807) is 0 Å². The summed E-state index contributed by atoms with van der Waals surface area (Å²) in [5.41, 5.74) is 1.26. The molecule has 4 heteroatoms. The fourth-order valence-corrected chi connectivity index (χ4v) is 2.50. The van der Waals surface area contributed by atoms with Crippen LogP contribution in [-0.2, 0) is 16.0 Å². The van der Waals surface area contributed by atoms with Crippen molar-refractivity contribution in [1.82, 2.24) is 5.32 Å². The molecule has 0 aromatic heterocycles. The lowest BCUT2D eigenvalue weighted by Gasteiger charge is -2.22. The topological polar surface area (TPSA) is 50.7 Å². The first-order valence-corrected chi connectivity index (χ1v) is 7.61. The van der Waals surface area contributed by atoms with Crippen LogP contribution in [0.25, 0.3) is 0 Å². The zero-order valence-corrected chi connectivity index (χ0v) is 13.0. The lowest BCUT2D eigenvalue weighted by Crippen LogP contribution is -2.44. The second-order valence-electron chi connectivity index (χ2n) is 5.69. The molecule has 0 fully saturated rings. The predicted octanol–water partition coefficient (Wildman–Crippen LogP) is 2.58. The van der Waals surface area contributed by atoms with Crippen LogP contribution in [0.1, 0.15) is 32.8 Å². The summed E-state index contributed by atoms with van der Waals surface area (Å²) in [5, 5.41) is 2.96. The second-order valence-corrected chi connectivity index (χ2v) is 5.69. The molecule has 4 nitrogen and oxygen atoms in total. The van der Waals surface area contributed by atoms with Gasteiger partial charge in [-0.1, -0.05) is 50.6 Å². The number of carbonyl (C=O) groups excluding carboxylic acids is 1. The number of carbonyl (C=O) groups is 1. The van der Waals surface area contributed by atoms with E-state index in [0.717, 1.165) is 12.8 Å². The molecule has 1 aliphatic heterocycles. The van der Waals surface area contributed by atoms with Crippen molar-refractivity contribution in [2.24, 2.45) is 10.9 Å². The molecule has 1 aliphatic rings. The third-order valence-corrected chi connectivity index (χ3v) is 3.89. The maximum Gasteiger partial charge on any atom is 0.217 e. The van der Waals surface area contributed by atoms with E-state index < -0.39 is 0 Å². The summed E-state index contributed by atoms with van der Waals surface area (Å²) in [5.74, 6) is 0.946. The fourth-order valence-electron chi connectivity index (χ4n) is 2.50. The number of rotatable bonds is 6. The van der Waals surface area contributed by atoms with Gasteiger partial charge >= 0.3 is 0 Å². The Labute approximate surface area is 126 Å². The monoisotopic (exact) mass is 288 g/mol. The first kappa shape index (κ1) is 15.5. The summed E-state index contributed by atoms with van der Waals surface area (Å²) in [6, 6.07) is 10.3. The molecule has 1 heterocycles. The van der Waals surface area contributed by atoms with E-state index in [2.05, 4.69) is 36.3 Å². The smallest absolute Gasteiger partial charge is 0.217 e. The van der Waals surface area contributed by atoms with Crippen molar-refractivity contribution < 1.29 is 9.53 Å². The second kappa shape index (κ2) is 7.25. The van der Waals surface area contributed by atoms with Crippen LogP contribution in [0, 0.1) is 5.92 Å². The van der Waals surface area contributed by atoms with Crippen LogP contribution in [0.5, 0.6) is 0 Å². The molecule has 1 N–H and O–H groups in total. The molecule has 3 atom stereocenters. The number of nitrogens with one attached hydrogen (secondary N) is 1. The van der Waals surface area contributed by atoms with Gasteiger partial charge in [0.25, 0.3) is 0 Å². The molecule has 0 spiro atoms. The number of hydrogen-bond donors (Lipinski definition) is 1. The summed E-state index contributed by atoms with van der Waals surface area (Å²) >= 11 is 0. The Bertz CT molecular complexity index is 499. The lowest BCUT2D eigenvalue weighted by molar-refractivity contribution is -0.119. The first-order valence-electron chi connectivity index (χ1n) is 7.61. The lowest BCUT2D eigenvalue weighted by atomic mass is 9.99. The van der Waals surface area contributed by atoms with Gasteiger partial charge in [-0.25, -0.2) is 4.99 Å². The first-order chi connectivity index (χ1) is 10.1. The highest BCUT2D eigenvalue weighted by atomic mass is 16.5. The van der Waals surface area contributed by atoms with Crippen LogP contribution in [-0.4, -0.2) is 30.5 Å². The highest BCUT2D eigenvalue weighted by molar-refractivity contribution is 5.88. The zero-order chi connectivity index (χ0) is 15.2. The molecule has 21 heavy (non-hydrogen) atoms. The largest absolute Gasteiger partial charge is 0.477 e. The summed E-state index contributed by atoms with van der Waals surface area (Å²) in [4.78, 5) is 16.1.